The van der Waals surface area contributed by atoms with Gasteiger partial charge in [-0.3, -0.25) is 9.59 Å². The Morgan fingerprint density at radius 1 is 1.33 bits per heavy atom. The largest absolute Gasteiger partial charge is 0.325 e. The first kappa shape index (κ1) is 17.1. The van der Waals surface area contributed by atoms with Crippen LogP contribution >= 0.6 is 23.5 Å². The highest BCUT2D eigenvalue weighted by atomic mass is 32.2. The number of aromatic nitrogens is 2. The minimum Gasteiger partial charge on any atom is -0.325 e. The number of amides is 1. The van der Waals surface area contributed by atoms with Crippen LogP contribution in [0, 0.1) is 0 Å². The van der Waals surface area contributed by atoms with Crippen LogP contribution in [0.15, 0.2) is 34.2 Å². The minimum atomic E-state index is -0.116. The van der Waals surface area contributed by atoms with Crippen LogP contribution in [0.4, 0.5) is 5.69 Å². The average Bonchev–Trinajstić information content (AvgIpc) is 3.02. The molecule has 2 N–H and O–H groups in total. The third-order valence-corrected chi connectivity index (χ3v) is 5.61. The molecule has 5 nitrogen and oxygen atoms in total. The molecule has 1 aliphatic heterocycles. The van der Waals surface area contributed by atoms with E-state index in [1.165, 1.54) is 17.3 Å². The van der Waals surface area contributed by atoms with Gasteiger partial charge in [-0.2, -0.15) is 11.8 Å². The van der Waals surface area contributed by atoms with Crippen molar-refractivity contribution in [2.45, 2.75) is 36.4 Å². The lowest BCUT2D eigenvalue weighted by Gasteiger charge is -2.08. The molecular formula is C17H19N3O2S2. The maximum atomic E-state index is 12.1. The second kappa shape index (κ2) is 7.44. The van der Waals surface area contributed by atoms with E-state index in [-0.39, 0.29) is 17.2 Å². The summed E-state index contributed by atoms with van der Waals surface area (Å²) in [6, 6.07) is 7.85. The molecule has 0 atom stereocenters. The van der Waals surface area contributed by atoms with E-state index in [2.05, 4.69) is 29.1 Å². The van der Waals surface area contributed by atoms with E-state index in [1.54, 1.807) is 11.8 Å². The zero-order valence-electron chi connectivity index (χ0n) is 13.6. The van der Waals surface area contributed by atoms with E-state index in [1.807, 2.05) is 24.3 Å². The average molecular weight is 361 g/mol. The van der Waals surface area contributed by atoms with Crippen LogP contribution in [0.3, 0.4) is 0 Å². The predicted molar refractivity (Wildman–Crippen MR) is 99.7 cm³/mol. The van der Waals surface area contributed by atoms with Gasteiger partial charge in [0.15, 0.2) is 5.16 Å². The number of anilines is 1. The Hall–Kier alpha value is -1.73. The van der Waals surface area contributed by atoms with Crippen molar-refractivity contribution < 1.29 is 4.79 Å². The summed E-state index contributed by atoms with van der Waals surface area (Å²) in [7, 11) is 0. The zero-order valence-corrected chi connectivity index (χ0v) is 15.2. The molecule has 3 rings (SSSR count). The quantitative estimate of drug-likeness (QED) is 0.631. The van der Waals surface area contributed by atoms with Gasteiger partial charge in [0.25, 0.3) is 5.56 Å². The van der Waals surface area contributed by atoms with Crippen molar-refractivity contribution in [2.24, 2.45) is 0 Å². The molecule has 24 heavy (non-hydrogen) atoms. The van der Waals surface area contributed by atoms with Gasteiger partial charge in [0, 0.05) is 22.8 Å². The van der Waals surface area contributed by atoms with E-state index in [9.17, 15) is 9.59 Å². The smallest absolute Gasteiger partial charge is 0.255 e. The predicted octanol–water partition coefficient (Wildman–Crippen LogP) is 3.37. The molecule has 1 amide bonds. The molecule has 0 spiro atoms. The number of carbonyl (C=O) groups is 1. The van der Waals surface area contributed by atoms with E-state index in [4.69, 9.17) is 0 Å². The van der Waals surface area contributed by atoms with Crippen molar-refractivity contribution in [3.63, 3.8) is 0 Å². The summed E-state index contributed by atoms with van der Waals surface area (Å²) in [5, 5.41) is 3.37. The first-order valence-electron chi connectivity index (χ1n) is 7.75. The Kier molecular flexibility index (Phi) is 5.30. The number of hydrogen-bond acceptors (Lipinski definition) is 5. The van der Waals surface area contributed by atoms with Gasteiger partial charge in [-0.15, -0.1) is 0 Å². The fourth-order valence-electron chi connectivity index (χ4n) is 2.39. The number of H-pyrrole nitrogens is 1. The lowest BCUT2D eigenvalue weighted by atomic mass is 10.0. The number of thioether (sulfide) groups is 2. The van der Waals surface area contributed by atoms with E-state index in [0.717, 1.165) is 28.5 Å². The normalized spacial score (nSPS) is 13.1. The van der Waals surface area contributed by atoms with Crippen LogP contribution in [-0.2, 0) is 16.3 Å². The summed E-state index contributed by atoms with van der Waals surface area (Å²) in [5.74, 6) is 2.04. The van der Waals surface area contributed by atoms with Gasteiger partial charge in [-0.05, 0) is 23.6 Å². The van der Waals surface area contributed by atoms with Crippen LogP contribution < -0.4 is 10.9 Å². The van der Waals surface area contributed by atoms with Crippen molar-refractivity contribution in [1.29, 1.82) is 0 Å². The van der Waals surface area contributed by atoms with Crippen LogP contribution in [0.2, 0.25) is 0 Å². The summed E-state index contributed by atoms with van der Waals surface area (Å²) in [6.45, 7) is 4.26. The second-order valence-electron chi connectivity index (χ2n) is 5.90. The molecule has 126 valence electrons. The van der Waals surface area contributed by atoms with Crippen LogP contribution in [0.25, 0.3) is 0 Å². The van der Waals surface area contributed by atoms with Gasteiger partial charge in [-0.1, -0.05) is 37.7 Å². The Morgan fingerprint density at radius 2 is 2.08 bits per heavy atom. The molecular weight excluding hydrogens is 342 g/mol. The number of fused-ring (bicyclic) bond motifs is 1. The monoisotopic (exact) mass is 361 g/mol. The molecule has 0 radical (unpaired) electrons. The molecule has 1 aliphatic rings. The lowest BCUT2D eigenvalue weighted by molar-refractivity contribution is -0.113. The first-order chi connectivity index (χ1) is 11.5. The van der Waals surface area contributed by atoms with Gasteiger partial charge < -0.3 is 10.3 Å². The van der Waals surface area contributed by atoms with Crippen LogP contribution in [-0.4, -0.2) is 21.6 Å². The number of nitrogens with one attached hydrogen (secondary N) is 2. The van der Waals surface area contributed by atoms with E-state index >= 15 is 0 Å². The molecule has 1 aromatic heterocycles. The van der Waals surface area contributed by atoms with Gasteiger partial charge >= 0.3 is 0 Å². The summed E-state index contributed by atoms with van der Waals surface area (Å²) >= 11 is 2.93. The summed E-state index contributed by atoms with van der Waals surface area (Å²) in [5.41, 5.74) is 3.53. The molecule has 0 fully saturated rings. The Bertz CT molecular complexity index is 800. The van der Waals surface area contributed by atoms with E-state index in [0.29, 0.717) is 11.1 Å². The van der Waals surface area contributed by atoms with E-state index < -0.39 is 0 Å². The third-order valence-electron chi connectivity index (χ3n) is 3.77. The molecule has 0 saturated heterocycles. The molecule has 1 aromatic carbocycles. The van der Waals surface area contributed by atoms with Gasteiger partial charge in [0.2, 0.25) is 5.91 Å². The Labute approximate surface area is 149 Å². The zero-order chi connectivity index (χ0) is 17.1. The standard InChI is InChI=1S/C17H19N3O2S2/c1-10(2)11-3-5-12(6-4-11)18-15(21)9-24-17-19-14-8-23-7-13(14)16(22)20-17/h3-6,10H,7-9H2,1-2H3,(H,18,21)(H,19,20,22). The van der Waals surface area contributed by atoms with Crippen molar-refractivity contribution in [2.75, 3.05) is 11.1 Å². The summed E-state index contributed by atoms with van der Waals surface area (Å²) < 4.78 is 0. The number of benzene rings is 1. The summed E-state index contributed by atoms with van der Waals surface area (Å²) in [4.78, 5) is 31.2. The molecule has 2 heterocycles. The molecule has 7 heteroatoms. The fourth-order valence-corrected chi connectivity index (χ4v) is 4.11. The van der Waals surface area contributed by atoms with Gasteiger partial charge in [0.05, 0.1) is 11.4 Å². The molecule has 0 aliphatic carbocycles. The minimum absolute atomic E-state index is 0.0859. The Morgan fingerprint density at radius 3 is 2.79 bits per heavy atom. The van der Waals surface area contributed by atoms with Gasteiger partial charge in [0.1, 0.15) is 0 Å². The SMILES string of the molecule is CC(C)c1ccc(NC(=O)CSc2nc3c(c(=O)[nH]2)CSC3)cc1. The van der Waals surface area contributed by atoms with Gasteiger partial charge in [-0.25, -0.2) is 4.98 Å². The fraction of sp³-hybridized carbons (Fsp3) is 0.353. The highest BCUT2D eigenvalue weighted by Gasteiger charge is 2.18. The molecule has 0 saturated carbocycles. The maximum absolute atomic E-state index is 12.1. The molecule has 2 aromatic rings. The van der Waals surface area contributed by atoms with Crippen LogP contribution in [0.1, 0.15) is 36.6 Å². The first-order valence-corrected chi connectivity index (χ1v) is 9.89. The molecule has 0 bridgehead atoms. The Balaban J connectivity index is 1.58. The van der Waals surface area contributed by atoms with Crippen molar-refractivity contribution in [3.8, 4) is 0 Å². The van der Waals surface area contributed by atoms with Crippen molar-refractivity contribution >= 4 is 35.1 Å². The maximum Gasteiger partial charge on any atom is 0.255 e. The number of nitrogens with zero attached hydrogens (tertiary/aromatic N) is 1. The third kappa shape index (κ3) is 4.02. The number of rotatable bonds is 5. The number of hydrogen-bond donors (Lipinski definition) is 2. The van der Waals surface area contributed by atoms with Crippen molar-refractivity contribution in [3.05, 3.63) is 51.4 Å². The molecule has 0 unspecified atom stereocenters. The highest BCUT2D eigenvalue weighted by molar-refractivity contribution is 7.99. The highest BCUT2D eigenvalue weighted by Crippen LogP contribution is 2.26. The van der Waals surface area contributed by atoms with Crippen molar-refractivity contribution in [1.82, 2.24) is 9.97 Å². The lowest BCUT2D eigenvalue weighted by Crippen LogP contribution is -2.17. The second-order valence-corrected chi connectivity index (χ2v) is 7.85. The van der Waals surface area contributed by atoms with Crippen LogP contribution in [0.5, 0.6) is 0 Å². The summed E-state index contributed by atoms with van der Waals surface area (Å²) in [6.07, 6.45) is 0. The number of carbonyl (C=O) groups excluding carboxylic acids is 1. The topological polar surface area (TPSA) is 74.8 Å². The number of aromatic amines is 1.